The lowest BCUT2D eigenvalue weighted by Gasteiger charge is -2.24. The molecule has 0 aliphatic carbocycles. The number of fused-ring (bicyclic) bond motifs is 3. The predicted molar refractivity (Wildman–Crippen MR) is 121 cm³/mol. The fraction of sp³-hybridized carbons (Fsp3) is 0.250. The zero-order chi connectivity index (χ0) is 21.4. The van der Waals surface area contributed by atoms with E-state index in [9.17, 15) is 9.18 Å². The van der Waals surface area contributed by atoms with E-state index in [2.05, 4.69) is 10.2 Å². The van der Waals surface area contributed by atoms with Gasteiger partial charge in [-0.15, -0.1) is 0 Å². The maximum Gasteiger partial charge on any atom is 0.321 e. The first-order chi connectivity index (χ1) is 15.1. The highest BCUT2D eigenvalue weighted by atomic mass is 19.1. The highest BCUT2D eigenvalue weighted by Crippen LogP contribution is 2.27. The van der Waals surface area contributed by atoms with E-state index in [1.807, 2.05) is 58.8 Å². The second-order valence-electron chi connectivity index (χ2n) is 7.96. The van der Waals surface area contributed by atoms with Crippen LogP contribution in [0.15, 0.2) is 60.8 Å². The maximum atomic E-state index is 13.8. The standard InChI is InChI=1S/C24H24FN5O/c1-17-5-8-19(9-6-17)26-24(31)29-12-3-11-28(14-15-29)23-22-4-2-13-30(22)21-10-7-18(25)16-20(21)27-23/h2,4-10,13,16H,3,11-12,14-15H2,1H3,(H,26,31). The SMILES string of the molecule is Cc1ccc(NC(=O)N2CCCN(c3nc4cc(F)ccc4n4cccc34)CC2)cc1. The number of anilines is 2. The second-order valence-corrected chi connectivity index (χ2v) is 7.96. The van der Waals surface area contributed by atoms with Gasteiger partial charge in [0.05, 0.1) is 16.6 Å². The summed E-state index contributed by atoms with van der Waals surface area (Å²) in [6.07, 6.45) is 2.80. The first kappa shape index (κ1) is 19.4. The number of nitrogens with zero attached hydrogens (tertiary/aromatic N) is 4. The number of carbonyl (C=O) groups is 1. The molecule has 3 heterocycles. The molecule has 1 aliphatic rings. The van der Waals surface area contributed by atoms with Crippen molar-refractivity contribution >= 4 is 34.1 Å². The van der Waals surface area contributed by atoms with Crippen molar-refractivity contribution in [2.45, 2.75) is 13.3 Å². The van der Waals surface area contributed by atoms with Crippen molar-refractivity contribution in [2.75, 3.05) is 36.4 Å². The quantitative estimate of drug-likeness (QED) is 0.515. The van der Waals surface area contributed by atoms with E-state index in [0.717, 1.165) is 41.1 Å². The van der Waals surface area contributed by atoms with Crippen molar-refractivity contribution in [3.63, 3.8) is 0 Å². The van der Waals surface area contributed by atoms with Gasteiger partial charge in [-0.25, -0.2) is 14.2 Å². The van der Waals surface area contributed by atoms with Crippen molar-refractivity contribution < 1.29 is 9.18 Å². The lowest BCUT2D eigenvalue weighted by molar-refractivity contribution is 0.215. The molecule has 0 atom stereocenters. The molecule has 2 amide bonds. The Labute approximate surface area is 179 Å². The largest absolute Gasteiger partial charge is 0.353 e. The molecular formula is C24H24FN5O. The van der Waals surface area contributed by atoms with Gasteiger partial charge >= 0.3 is 6.03 Å². The smallest absolute Gasteiger partial charge is 0.321 e. The molecule has 5 rings (SSSR count). The van der Waals surface area contributed by atoms with Gasteiger partial charge in [0.25, 0.3) is 0 Å². The third kappa shape index (κ3) is 3.79. The molecule has 6 nitrogen and oxygen atoms in total. The van der Waals surface area contributed by atoms with Crippen LogP contribution in [-0.2, 0) is 0 Å². The van der Waals surface area contributed by atoms with Crippen LogP contribution in [0, 0.1) is 12.7 Å². The van der Waals surface area contributed by atoms with Crippen LogP contribution in [0.4, 0.5) is 20.7 Å². The van der Waals surface area contributed by atoms with E-state index in [1.54, 1.807) is 6.07 Å². The summed E-state index contributed by atoms with van der Waals surface area (Å²) in [6.45, 7) is 4.73. The lowest BCUT2D eigenvalue weighted by atomic mass is 10.2. The molecule has 0 spiro atoms. The van der Waals surface area contributed by atoms with Gasteiger partial charge in [-0.3, -0.25) is 0 Å². The number of benzene rings is 2. The molecule has 2 aromatic heterocycles. The number of hydrogen-bond donors (Lipinski definition) is 1. The van der Waals surface area contributed by atoms with Crippen LogP contribution >= 0.6 is 0 Å². The third-order valence-electron chi connectivity index (χ3n) is 5.79. The predicted octanol–water partition coefficient (Wildman–Crippen LogP) is 4.68. The van der Waals surface area contributed by atoms with E-state index < -0.39 is 0 Å². The van der Waals surface area contributed by atoms with Crippen LogP contribution in [-0.4, -0.2) is 46.5 Å². The summed E-state index contributed by atoms with van der Waals surface area (Å²) >= 11 is 0. The summed E-state index contributed by atoms with van der Waals surface area (Å²) in [5.41, 5.74) is 4.43. The molecule has 158 valence electrons. The molecule has 4 aromatic rings. The molecule has 7 heteroatoms. The summed E-state index contributed by atoms with van der Waals surface area (Å²) in [4.78, 5) is 21.6. The first-order valence-electron chi connectivity index (χ1n) is 10.5. The molecule has 0 unspecified atom stereocenters. The van der Waals surface area contributed by atoms with Crippen molar-refractivity contribution in [1.29, 1.82) is 0 Å². The number of nitrogens with one attached hydrogen (secondary N) is 1. The highest BCUT2D eigenvalue weighted by molar-refractivity contribution is 5.89. The molecule has 31 heavy (non-hydrogen) atoms. The van der Waals surface area contributed by atoms with Crippen LogP contribution in [0.1, 0.15) is 12.0 Å². The van der Waals surface area contributed by atoms with Crippen molar-refractivity contribution in [1.82, 2.24) is 14.3 Å². The number of aryl methyl sites for hydroxylation is 1. The monoisotopic (exact) mass is 417 g/mol. The maximum absolute atomic E-state index is 13.8. The van der Waals surface area contributed by atoms with Crippen LogP contribution in [0.2, 0.25) is 0 Å². The van der Waals surface area contributed by atoms with Crippen molar-refractivity contribution in [3.05, 3.63) is 72.2 Å². The Morgan fingerprint density at radius 2 is 1.84 bits per heavy atom. The van der Waals surface area contributed by atoms with Crippen LogP contribution in [0.5, 0.6) is 0 Å². The lowest BCUT2D eigenvalue weighted by Crippen LogP contribution is -2.38. The molecule has 0 bridgehead atoms. The Morgan fingerprint density at radius 3 is 2.68 bits per heavy atom. The van der Waals surface area contributed by atoms with Gasteiger partial charge in [-0.05, 0) is 49.7 Å². The summed E-state index contributed by atoms with van der Waals surface area (Å²) in [5, 5.41) is 2.98. The summed E-state index contributed by atoms with van der Waals surface area (Å²) in [5.74, 6) is 0.524. The summed E-state index contributed by atoms with van der Waals surface area (Å²) < 4.78 is 15.9. The average molecular weight is 417 g/mol. The van der Waals surface area contributed by atoms with Gasteiger partial charge in [0.2, 0.25) is 0 Å². The van der Waals surface area contributed by atoms with Gasteiger partial charge in [0.1, 0.15) is 5.82 Å². The van der Waals surface area contributed by atoms with Gasteiger partial charge in [0.15, 0.2) is 5.82 Å². The fourth-order valence-corrected chi connectivity index (χ4v) is 4.14. The van der Waals surface area contributed by atoms with E-state index in [4.69, 9.17) is 4.98 Å². The Kier molecular flexibility index (Phi) is 4.94. The molecular weight excluding hydrogens is 393 g/mol. The Balaban J connectivity index is 1.37. The minimum absolute atomic E-state index is 0.0907. The minimum atomic E-state index is -0.299. The number of hydrogen-bond acceptors (Lipinski definition) is 3. The normalized spacial score (nSPS) is 14.8. The second kappa shape index (κ2) is 7.91. The molecule has 2 aromatic carbocycles. The molecule has 1 aliphatic heterocycles. The number of urea groups is 1. The molecule has 1 fully saturated rings. The van der Waals surface area contributed by atoms with Crippen molar-refractivity contribution in [3.8, 4) is 0 Å². The molecule has 0 radical (unpaired) electrons. The Hall–Kier alpha value is -3.61. The molecule has 0 saturated carbocycles. The van der Waals surface area contributed by atoms with Crippen LogP contribution < -0.4 is 10.2 Å². The highest BCUT2D eigenvalue weighted by Gasteiger charge is 2.22. The number of carbonyl (C=O) groups excluding carboxylic acids is 1. The zero-order valence-electron chi connectivity index (χ0n) is 17.4. The summed E-state index contributed by atoms with van der Waals surface area (Å²) in [6, 6.07) is 16.4. The van der Waals surface area contributed by atoms with Gasteiger partial charge in [0, 0.05) is 44.1 Å². The first-order valence-corrected chi connectivity index (χ1v) is 10.5. The number of amides is 2. The molecule has 1 saturated heterocycles. The summed E-state index contributed by atoms with van der Waals surface area (Å²) in [7, 11) is 0. The topological polar surface area (TPSA) is 52.9 Å². The van der Waals surface area contributed by atoms with E-state index in [0.29, 0.717) is 25.2 Å². The van der Waals surface area contributed by atoms with Crippen LogP contribution in [0.3, 0.4) is 0 Å². The fourth-order valence-electron chi connectivity index (χ4n) is 4.14. The molecule has 1 N–H and O–H groups in total. The zero-order valence-corrected chi connectivity index (χ0v) is 17.4. The van der Waals surface area contributed by atoms with Crippen molar-refractivity contribution in [2.24, 2.45) is 0 Å². The number of aromatic nitrogens is 2. The van der Waals surface area contributed by atoms with Gasteiger partial charge in [-0.1, -0.05) is 17.7 Å². The van der Waals surface area contributed by atoms with Gasteiger partial charge < -0.3 is 19.5 Å². The van der Waals surface area contributed by atoms with Gasteiger partial charge in [-0.2, -0.15) is 0 Å². The number of rotatable bonds is 2. The van der Waals surface area contributed by atoms with Crippen LogP contribution in [0.25, 0.3) is 16.6 Å². The van der Waals surface area contributed by atoms with E-state index >= 15 is 0 Å². The van der Waals surface area contributed by atoms with E-state index in [1.165, 1.54) is 12.1 Å². The average Bonchev–Trinajstić information content (AvgIpc) is 3.12. The minimum Gasteiger partial charge on any atom is -0.353 e. The third-order valence-corrected chi connectivity index (χ3v) is 5.79. The Morgan fingerprint density at radius 1 is 1.00 bits per heavy atom. The number of halogens is 1. The Bertz CT molecular complexity index is 1250. The van der Waals surface area contributed by atoms with E-state index in [-0.39, 0.29) is 11.8 Å².